The molecule has 1 aromatic carbocycles. The number of hydrogen-bond donors (Lipinski definition) is 4. The number of unbranched alkanes of at least 4 members (excludes halogenated alkanes) is 3. The third-order valence-corrected chi connectivity index (χ3v) is 5.80. The van der Waals surface area contributed by atoms with Crippen molar-refractivity contribution in [3.05, 3.63) is 30.1 Å². The van der Waals surface area contributed by atoms with Crippen molar-refractivity contribution in [2.75, 3.05) is 6.61 Å². The van der Waals surface area contributed by atoms with E-state index < -0.39 is 30.1 Å². The Labute approximate surface area is 171 Å². The fraction of sp³-hybridized carbons (Fsp3) is 0.682. The number of para-hydroxylation sites is 1. The van der Waals surface area contributed by atoms with Crippen molar-refractivity contribution in [3.8, 4) is 5.75 Å². The predicted molar refractivity (Wildman–Crippen MR) is 106 cm³/mol. The lowest BCUT2D eigenvalue weighted by atomic mass is 9.85. The van der Waals surface area contributed by atoms with Crippen molar-refractivity contribution in [2.45, 2.75) is 76.1 Å². The first-order chi connectivity index (χ1) is 13.9. The zero-order valence-corrected chi connectivity index (χ0v) is 16.8. The van der Waals surface area contributed by atoms with E-state index in [1.807, 2.05) is 0 Å². The summed E-state index contributed by atoms with van der Waals surface area (Å²) in [7, 11) is 0. The molecule has 4 N–H and O–H groups in total. The number of halogens is 1. The molecule has 0 heterocycles. The molecule has 0 saturated heterocycles. The first kappa shape index (κ1) is 23.6. The van der Waals surface area contributed by atoms with Gasteiger partial charge in [-0.05, 0) is 56.1 Å². The van der Waals surface area contributed by atoms with Crippen LogP contribution < -0.4 is 4.74 Å². The Balaban J connectivity index is 1.72. The highest BCUT2D eigenvalue weighted by molar-refractivity contribution is 5.66. The Kier molecular flexibility index (Phi) is 9.84. The van der Waals surface area contributed by atoms with Crippen LogP contribution in [0.5, 0.6) is 5.75 Å². The summed E-state index contributed by atoms with van der Waals surface area (Å²) < 4.78 is 18.9. The molecule has 0 aliphatic heterocycles. The van der Waals surface area contributed by atoms with Gasteiger partial charge >= 0.3 is 5.97 Å². The molecule has 1 aliphatic rings. The monoisotopic (exact) mass is 412 g/mol. The summed E-state index contributed by atoms with van der Waals surface area (Å²) in [4.78, 5) is 10.5. The third kappa shape index (κ3) is 7.91. The number of benzene rings is 1. The molecular formula is C22H33FO6. The van der Waals surface area contributed by atoms with E-state index >= 15 is 0 Å². The zero-order valence-electron chi connectivity index (χ0n) is 16.8. The summed E-state index contributed by atoms with van der Waals surface area (Å²) in [6, 6.07) is 6.03. The maximum absolute atomic E-state index is 13.6. The lowest BCUT2D eigenvalue weighted by Gasteiger charge is -2.24. The van der Waals surface area contributed by atoms with Crippen LogP contribution in [0.1, 0.15) is 57.8 Å². The molecule has 1 aliphatic carbocycles. The van der Waals surface area contributed by atoms with E-state index in [4.69, 9.17) is 9.84 Å². The Morgan fingerprint density at radius 1 is 1.07 bits per heavy atom. The highest BCUT2D eigenvalue weighted by Crippen LogP contribution is 2.39. The summed E-state index contributed by atoms with van der Waals surface area (Å²) in [6.45, 7) is -0.0272. The van der Waals surface area contributed by atoms with Gasteiger partial charge in [-0.2, -0.15) is 0 Å². The molecule has 29 heavy (non-hydrogen) atoms. The second-order valence-corrected chi connectivity index (χ2v) is 8.02. The third-order valence-electron chi connectivity index (χ3n) is 5.80. The molecule has 0 spiro atoms. The smallest absolute Gasteiger partial charge is 0.303 e. The average Bonchev–Trinajstić information content (AvgIpc) is 2.94. The van der Waals surface area contributed by atoms with E-state index in [1.165, 1.54) is 12.1 Å². The first-order valence-electron chi connectivity index (χ1n) is 10.5. The van der Waals surface area contributed by atoms with Crippen molar-refractivity contribution in [1.29, 1.82) is 0 Å². The lowest BCUT2D eigenvalue weighted by molar-refractivity contribution is -0.137. The summed E-state index contributed by atoms with van der Waals surface area (Å²) in [6.07, 6.45) is 3.61. The van der Waals surface area contributed by atoms with Gasteiger partial charge in [-0.3, -0.25) is 4.79 Å². The molecule has 0 radical (unpaired) electrons. The van der Waals surface area contributed by atoms with E-state index in [-0.39, 0.29) is 30.6 Å². The lowest BCUT2D eigenvalue weighted by Crippen LogP contribution is -2.25. The molecule has 0 bridgehead atoms. The average molecular weight is 412 g/mol. The highest BCUT2D eigenvalue weighted by atomic mass is 19.1. The van der Waals surface area contributed by atoms with Gasteiger partial charge in [0, 0.05) is 6.42 Å². The van der Waals surface area contributed by atoms with Crippen LogP contribution in [0.15, 0.2) is 24.3 Å². The van der Waals surface area contributed by atoms with Crippen molar-refractivity contribution in [1.82, 2.24) is 0 Å². The van der Waals surface area contributed by atoms with Crippen molar-refractivity contribution >= 4 is 5.97 Å². The van der Waals surface area contributed by atoms with Gasteiger partial charge in [-0.15, -0.1) is 0 Å². The second-order valence-electron chi connectivity index (χ2n) is 8.02. The van der Waals surface area contributed by atoms with Crippen LogP contribution in [0.4, 0.5) is 4.39 Å². The fourth-order valence-electron chi connectivity index (χ4n) is 4.21. The van der Waals surface area contributed by atoms with Crippen molar-refractivity contribution in [3.63, 3.8) is 0 Å². The Bertz CT molecular complexity index is 625. The minimum Gasteiger partial charge on any atom is -0.488 e. The van der Waals surface area contributed by atoms with E-state index in [0.29, 0.717) is 25.7 Å². The number of carbonyl (C=O) groups is 1. The van der Waals surface area contributed by atoms with Crippen LogP contribution in [0.2, 0.25) is 0 Å². The largest absolute Gasteiger partial charge is 0.488 e. The van der Waals surface area contributed by atoms with Crippen LogP contribution in [0, 0.1) is 17.7 Å². The molecule has 0 amide bonds. The van der Waals surface area contributed by atoms with Gasteiger partial charge in [0.2, 0.25) is 0 Å². The van der Waals surface area contributed by atoms with Gasteiger partial charge in [-0.25, -0.2) is 4.39 Å². The summed E-state index contributed by atoms with van der Waals surface area (Å²) >= 11 is 0. The molecule has 1 fully saturated rings. The molecule has 1 aromatic rings. The SMILES string of the molecule is O=C(O)CCCCCCC1C(O)CC(O)[C@@H]1CCC(O)COc1ccccc1F. The molecular weight excluding hydrogens is 379 g/mol. The molecule has 1 saturated carbocycles. The fourth-order valence-corrected chi connectivity index (χ4v) is 4.21. The first-order valence-corrected chi connectivity index (χ1v) is 10.5. The van der Waals surface area contributed by atoms with Gasteiger partial charge in [0.15, 0.2) is 11.6 Å². The standard InChI is InChI=1S/C22H33FO6/c23-18-8-5-6-9-21(18)29-14-15(24)11-12-17-16(19(25)13-20(17)26)7-3-1-2-4-10-22(27)28/h5-6,8-9,15-17,19-20,24-26H,1-4,7,10-14H2,(H,27,28)/t15?,16?,17-,19?,20?/m1/s1. The Hall–Kier alpha value is -1.70. The van der Waals surface area contributed by atoms with Gasteiger partial charge in [0.05, 0.1) is 18.3 Å². The molecule has 0 aromatic heterocycles. The van der Waals surface area contributed by atoms with E-state index in [9.17, 15) is 24.5 Å². The quantitative estimate of drug-likeness (QED) is 0.371. The number of aliphatic hydroxyl groups is 3. The van der Waals surface area contributed by atoms with Crippen molar-refractivity contribution < 1.29 is 34.3 Å². The number of carboxylic acids is 1. The molecule has 5 atom stereocenters. The second kappa shape index (κ2) is 12.1. The summed E-state index contributed by atoms with van der Waals surface area (Å²) in [5, 5.41) is 39.4. The molecule has 2 rings (SSSR count). The van der Waals surface area contributed by atoms with Gasteiger partial charge < -0.3 is 25.2 Å². The number of carboxylic acid groups (broad SMARTS) is 1. The normalized spacial score (nSPS) is 25.1. The number of rotatable bonds is 13. The minimum atomic E-state index is -0.781. The van der Waals surface area contributed by atoms with Crippen molar-refractivity contribution in [2.24, 2.45) is 11.8 Å². The van der Waals surface area contributed by atoms with Crippen LogP contribution >= 0.6 is 0 Å². The molecule has 6 nitrogen and oxygen atoms in total. The zero-order chi connectivity index (χ0) is 21.2. The minimum absolute atomic E-state index is 0.0239. The number of hydrogen-bond acceptors (Lipinski definition) is 5. The van der Waals surface area contributed by atoms with E-state index in [2.05, 4.69) is 0 Å². The van der Waals surface area contributed by atoms with Gasteiger partial charge in [-0.1, -0.05) is 31.4 Å². The van der Waals surface area contributed by atoms with Crippen LogP contribution in [0.25, 0.3) is 0 Å². The highest BCUT2D eigenvalue weighted by Gasteiger charge is 2.40. The summed E-state index contributed by atoms with van der Waals surface area (Å²) in [5.41, 5.74) is 0. The number of aliphatic carboxylic acids is 1. The summed E-state index contributed by atoms with van der Waals surface area (Å²) in [5.74, 6) is -1.27. The maximum Gasteiger partial charge on any atom is 0.303 e. The van der Waals surface area contributed by atoms with E-state index in [1.54, 1.807) is 12.1 Å². The van der Waals surface area contributed by atoms with E-state index in [0.717, 1.165) is 25.7 Å². The molecule has 4 unspecified atom stereocenters. The van der Waals surface area contributed by atoms with Gasteiger partial charge in [0.1, 0.15) is 6.61 Å². The predicted octanol–water partition coefficient (Wildman–Crippen LogP) is 3.13. The Morgan fingerprint density at radius 3 is 2.41 bits per heavy atom. The maximum atomic E-state index is 13.6. The topological polar surface area (TPSA) is 107 Å². The molecule has 7 heteroatoms. The van der Waals surface area contributed by atoms with Crippen LogP contribution in [-0.4, -0.2) is 51.3 Å². The Morgan fingerprint density at radius 2 is 1.72 bits per heavy atom. The van der Waals surface area contributed by atoms with Crippen LogP contribution in [0.3, 0.4) is 0 Å². The molecule has 164 valence electrons. The number of ether oxygens (including phenoxy) is 1. The van der Waals surface area contributed by atoms with Gasteiger partial charge in [0.25, 0.3) is 0 Å². The number of aliphatic hydroxyl groups excluding tert-OH is 3. The van der Waals surface area contributed by atoms with Crippen LogP contribution in [-0.2, 0) is 4.79 Å².